The van der Waals surface area contributed by atoms with Gasteiger partial charge in [-0.1, -0.05) is 108 Å². The normalized spacial score (nSPS) is 11.4. The SMILES string of the molecule is C(=C\c1ccccc1CSSC[n+]1ccccc1/C=C/c1ccccc1)/c1ccccc1. The zero-order valence-corrected chi connectivity index (χ0v) is 19.5. The van der Waals surface area contributed by atoms with Crippen molar-refractivity contribution in [3.05, 3.63) is 137 Å². The van der Waals surface area contributed by atoms with Crippen molar-refractivity contribution in [3.63, 3.8) is 0 Å². The molecule has 0 aliphatic carbocycles. The van der Waals surface area contributed by atoms with Crippen LogP contribution in [0.2, 0.25) is 0 Å². The maximum atomic E-state index is 2.29. The van der Waals surface area contributed by atoms with Crippen LogP contribution in [0, 0.1) is 0 Å². The van der Waals surface area contributed by atoms with Crippen LogP contribution in [0.15, 0.2) is 109 Å². The van der Waals surface area contributed by atoms with E-state index in [-0.39, 0.29) is 0 Å². The van der Waals surface area contributed by atoms with E-state index in [1.165, 1.54) is 27.9 Å². The molecule has 0 saturated heterocycles. The standard InChI is InChI=1S/C29H26NS2/c1-3-11-25(12-4-1)18-20-27-15-7-8-16-28(27)23-31-32-24-30-22-10-9-17-29(30)21-19-26-13-5-2-6-14-26/h1-22H,23-24H2/q+1/b20-18+,21-19+. The lowest BCUT2D eigenvalue weighted by Crippen LogP contribution is -2.34. The van der Waals surface area contributed by atoms with Gasteiger partial charge in [-0.3, -0.25) is 0 Å². The summed E-state index contributed by atoms with van der Waals surface area (Å²) >= 11 is 0. The third kappa shape index (κ3) is 6.74. The van der Waals surface area contributed by atoms with Crippen molar-refractivity contribution in [3.8, 4) is 0 Å². The lowest BCUT2D eigenvalue weighted by atomic mass is 10.1. The van der Waals surface area contributed by atoms with Gasteiger partial charge in [-0.05, 0) is 45.2 Å². The molecule has 0 atom stereocenters. The van der Waals surface area contributed by atoms with Gasteiger partial charge in [0.2, 0.25) is 11.6 Å². The lowest BCUT2D eigenvalue weighted by molar-refractivity contribution is -0.677. The molecule has 1 aromatic heterocycles. The van der Waals surface area contributed by atoms with E-state index in [1.807, 2.05) is 33.7 Å². The molecule has 4 aromatic rings. The average Bonchev–Trinajstić information content (AvgIpc) is 2.86. The highest BCUT2D eigenvalue weighted by atomic mass is 33.1. The van der Waals surface area contributed by atoms with Crippen molar-refractivity contribution >= 4 is 45.9 Å². The molecule has 0 radical (unpaired) electrons. The quantitative estimate of drug-likeness (QED) is 0.110. The van der Waals surface area contributed by atoms with Crippen LogP contribution < -0.4 is 4.57 Å². The van der Waals surface area contributed by atoms with Crippen LogP contribution in [-0.2, 0) is 11.6 Å². The van der Waals surface area contributed by atoms with Crippen LogP contribution in [-0.4, -0.2) is 0 Å². The molecule has 1 nitrogen and oxygen atoms in total. The fraction of sp³-hybridized carbons (Fsp3) is 0.0690. The Hall–Kier alpha value is -3.01. The molecule has 3 heteroatoms. The van der Waals surface area contributed by atoms with Crippen molar-refractivity contribution in [1.82, 2.24) is 0 Å². The highest BCUT2D eigenvalue weighted by Crippen LogP contribution is 2.28. The smallest absolute Gasteiger partial charge is 0.188 e. The second-order valence-corrected chi connectivity index (χ2v) is 9.72. The highest BCUT2D eigenvalue weighted by Gasteiger charge is 2.07. The van der Waals surface area contributed by atoms with Gasteiger partial charge < -0.3 is 0 Å². The van der Waals surface area contributed by atoms with Gasteiger partial charge in [0.1, 0.15) is 0 Å². The number of aromatic nitrogens is 1. The summed E-state index contributed by atoms with van der Waals surface area (Å²) < 4.78 is 2.29. The Morgan fingerprint density at radius 1 is 0.562 bits per heavy atom. The zero-order chi connectivity index (χ0) is 21.8. The zero-order valence-electron chi connectivity index (χ0n) is 17.9. The van der Waals surface area contributed by atoms with Crippen molar-refractivity contribution in [2.45, 2.75) is 11.6 Å². The fourth-order valence-corrected chi connectivity index (χ4v) is 5.37. The predicted molar refractivity (Wildman–Crippen MR) is 143 cm³/mol. The molecule has 0 saturated carbocycles. The van der Waals surface area contributed by atoms with Gasteiger partial charge in [-0.25, -0.2) is 0 Å². The molecule has 0 unspecified atom stereocenters. The van der Waals surface area contributed by atoms with Crippen molar-refractivity contribution < 1.29 is 4.57 Å². The van der Waals surface area contributed by atoms with Gasteiger partial charge in [0.05, 0.1) is 0 Å². The molecule has 4 rings (SSSR count). The van der Waals surface area contributed by atoms with Gasteiger partial charge >= 0.3 is 0 Å². The molecule has 32 heavy (non-hydrogen) atoms. The van der Waals surface area contributed by atoms with E-state index in [2.05, 4.69) is 126 Å². The average molecular weight is 453 g/mol. The Morgan fingerprint density at radius 3 is 1.94 bits per heavy atom. The van der Waals surface area contributed by atoms with Gasteiger partial charge in [-0.15, -0.1) is 0 Å². The molecule has 0 aliphatic rings. The fourth-order valence-electron chi connectivity index (χ4n) is 3.28. The van der Waals surface area contributed by atoms with Crippen molar-refractivity contribution in [2.24, 2.45) is 0 Å². The third-order valence-corrected chi connectivity index (χ3v) is 7.17. The van der Waals surface area contributed by atoms with Gasteiger partial charge in [0.15, 0.2) is 6.20 Å². The molecule has 0 spiro atoms. The van der Waals surface area contributed by atoms with E-state index < -0.39 is 0 Å². The van der Waals surface area contributed by atoms with Crippen LogP contribution in [0.1, 0.15) is 27.9 Å². The molecule has 0 N–H and O–H groups in total. The summed E-state index contributed by atoms with van der Waals surface area (Å²) in [6.07, 6.45) is 10.9. The summed E-state index contributed by atoms with van der Waals surface area (Å²) in [5.41, 5.74) is 6.28. The Morgan fingerprint density at radius 2 is 1.19 bits per heavy atom. The van der Waals surface area contributed by atoms with Crippen molar-refractivity contribution in [2.75, 3.05) is 0 Å². The Balaban J connectivity index is 1.35. The first-order chi connectivity index (χ1) is 15.9. The number of pyridine rings is 1. The van der Waals surface area contributed by atoms with E-state index in [0.717, 1.165) is 11.6 Å². The first-order valence-electron chi connectivity index (χ1n) is 10.7. The summed E-state index contributed by atoms with van der Waals surface area (Å²) in [5.74, 6) is 1.88. The Bertz CT molecular complexity index is 1070. The summed E-state index contributed by atoms with van der Waals surface area (Å²) in [7, 11) is 3.78. The van der Waals surface area contributed by atoms with E-state index in [4.69, 9.17) is 0 Å². The van der Waals surface area contributed by atoms with Gasteiger partial charge in [-0.2, -0.15) is 4.57 Å². The maximum Gasteiger partial charge on any atom is 0.205 e. The minimum atomic E-state index is 0.905. The third-order valence-electron chi connectivity index (χ3n) is 5.02. The number of nitrogens with zero attached hydrogens (tertiary/aromatic N) is 1. The summed E-state index contributed by atoms with van der Waals surface area (Å²) in [4.78, 5) is 0. The van der Waals surface area contributed by atoms with Crippen LogP contribution in [0.25, 0.3) is 24.3 Å². The second kappa shape index (κ2) is 12.1. The number of hydrogen-bond donors (Lipinski definition) is 0. The van der Waals surface area contributed by atoms with Crippen LogP contribution in [0.3, 0.4) is 0 Å². The van der Waals surface area contributed by atoms with Gasteiger partial charge in [0.25, 0.3) is 0 Å². The molecule has 0 aliphatic heterocycles. The van der Waals surface area contributed by atoms with Crippen molar-refractivity contribution in [1.29, 1.82) is 0 Å². The first-order valence-corrected chi connectivity index (χ1v) is 13.1. The maximum absolute atomic E-state index is 2.29. The van der Waals surface area contributed by atoms with E-state index in [9.17, 15) is 0 Å². The molecule has 0 fully saturated rings. The molecule has 3 aromatic carbocycles. The molecule has 0 amide bonds. The largest absolute Gasteiger partial charge is 0.205 e. The molecular formula is C29H26NS2+. The number of hydrogen-bond acceptors (Lipinski definition) is 2. The van der Waals surface area contributed by atoms with Crippen LogP contribution in [0.5, 0.6) is 0 Å². The molecule has 0 bridgehead atoms. The monoisotopic (exact) mass is 452 g/mol. The highest BCUT2D eigenvalue weighted by molar-refractivity contribution is 8.76. The minimum Gasteiger partial charge on any atom is -0.188 e. The summed E-state index contributed by atoms with van der Waals surface area (Å²) in [6.45, 7) is 0. The number of benzene rings is 3. The summed E-state index contributed by atoms with van der Waals surface area (Å²) in [5, 5.41) is 0. The number of rotatable bonds is 9. The topological polar surface area (TPSA) is 3.88 Å². The Labute approximate surface area is 198 Å². The molecule has 158 valence electrons. The second-order valence-electron chi connectivity index (χ2n) is 7.29. The van der Waals surface area contributed by atoms with Crippen LogP contribution in [0.4, 0.5) is 0 Å². The van der Waals surface area contributed by atoms with E-state index in [1.54, 1.807) is 0 Å². The Kier molecular flexibility index (Phi) is 8.42. The minimum absolute atomic E-state index is 0.905. The van der Waals surface area contributed by atoms with Gasteiger partial charge in [0, 0.05) is 24.0 Å². The molecular weight excluding hydrogens is 426 g/mol. The first kappa shape index (κ1) is 22.2. The van der Waals surface area contributed by atoms with E-state index in [0.29, 0.717) is 0 Å². The van der Waals surface area contributed by atoms with Crippen LogP contribution >= 0.6 is 21.6 Å². The molecule has 1 heterocycles. The lowest BCUT2D eigenvalue weighted by Gasteiger charge is -2.05. The van der Waals surface area contributed by atoms with E-state index >= 15 is 0 Å². The predicted octanol–water partition coefficient (Wildman–Crippen LogP) is 7.85. The summed E-state index contributed by atoms with van der Waals surface area (Å²) in [6, 6.07) is 35.9.